The van der Waals surface area contributed by atoms with E-state index in [4.69, 9.17) is 20.2 Å². The standard InChI is InChI=1S/2C24H19NO2.2C5H8O2.2Mn/c2*26-22-16-8-7-14-20(22)21-15-9-17-23(25-21)24(27,18-10-3-1-4-11-18)19-12-5-2-6-13-19;2*1-4(6)3-5(2)7;;/h2*1-17,26-27H;2*3,6H,1-2H3;;. The minimum atomic E-state index is -1.40. The number of hydrogen-bond donors (Lipinski definition) is 6. The first-order chi connectivity index (χ1) is 32.6. The normalized spacial score (nSPS) is 11.0. The van der Waals surface area contributed by atoms with Crippen molar-refractivity contribution >= 4 is 11.6 Å². The second-order valence-corrected chi connectivity index (χ2v) is 15.5. The number of nitrogens with zero attached hydrogens (tertiary/aromatic N) is 2. The molecule has 0 unspecified atom stereocenters. The fourth-order valence-corrected chi connectivity index (χ4v) is 7.18. The first-order valence-electron chi connectivity index (χ1n) is 21.6. The van der Waals surface area contributed by atoms with Crippen molar-refractivity contribution in [2.75, 3.05) is 0 Å². The third kappa shape index (κ3) is 15.3. The second-order valence-electron chi connectivity index (χ2n) is 15.5. The molecule has 70 heavy (non-hydrogen) atoms. The Hall–Kier alpha value is -7.40. The fraction of sp³-hybridized carbons (Fsp3) is 0.103. The van der Waals surface area contributed by atoms with E-state index in [1.807, 2.05) is 182 Å². The summed E-state index contributed by atoms with van der Waals surface area (Å²) in [6.07, 6.45) is 2.33. The molecule has 0 aliphatic carbocycles. The van der Waals surface area contributed by atoms with E-state index in [1.165, 1.54) is 39.8 Å². The van der Waals surface area contributed by atoms with Crippen molar-refractivity contribution in [3.05, 3.63) is 264 Å². The van der Waals surface area contributed by atoms with Crippen LogP contribution in [0.4, 0.5) is 0 Å². The zero-order valence-corrected chi connectivity index (χ0v) is 41.3. The van der Waals surface area contributed by atoms with Gasteiger partial charge in [-0.2, -0.15) is 0 Å². The summed E-state index contributed by atoms with van der Waals surface area (Å²) in [5, 5.41) is 60.8. The van der Waals surface area contributed by atoms with E-state index in [-0.39, 0.29) is 68.7 Å². The van der Waals surface area contributed by atoms with Gasteiger partial charge in [-0.15, -0.1) is 0 Å². The molecule has 0 fully saturated rings. The van der Waals surface area contributed by atoms with Gasteiger partial charge in [-0.3, -0.25) is 9.59 Å². The predicted molar refractivity (Wildman–Crippen MR) is 267 cm³/mol. The summed E-state index contributed by atoms with van der Waals surface area (Å²) in [4.78, 5) is 29.5. The molecular formula is C58H54Mn2N2O8. The van der Waals surface area contributed by atoms with Crippen LogP contribution in [0.15, 0.2) is 230 Å². The maximum Gasteiger partial charge on any atom is 0.157 e. The van der Waals surface area contributed by atoms with Gasteiger partial charge < -0.3 is 30.6 Å². The number of pyridine rings is 2. The molecule has 0 amide bonds. The molecule has 358 valence electrons. The van der Waals surface area contributed by atoms with Crippen LogP contribution in [0.5, 0.6) is 11.5 Å². The van der Waals surface area contributed by atoms with Crippen LogP contribution in [0.1, 0.15) is 61.3 Å². The van der Waals surface area contributed by atoms with E-state index < -0.39 is 11.2 Å². The Bertz CT molecular complexity index is 2660. The van der Waals surface area contributed by atoms with Gasteiger partial charge in [0.25, 0.3) is 0 Å². The molecule has 0 atom stereocenters. The number of para-hydroxylation sites is 2. The summed E-state index contributed by atoms with van der Waals surface area (Å²) in [5.74, 6) is 0.190. The van der Waals surface area contributed by atoms with Gasteiger partial charge in [0.05, 0.1) is 34.3 Å². The van der Waals surface area contributed by atoms with Crippen LogP contribution in [0, 0.1) is 0 Å². The van der Waals surface area contributed by atoms with Crippen LogP contribution >= 0.6 is 0 Å². The summed E-state index contributed by atoms with van der Waals surface area (Å²) >= 11 is 0. The number of aromatic hydroxyl groups is 2. The predicted octanol–water partition coefficient (Wildman–Crippen LogP) is 11.5. The SMILES string of the molecule is CC(=O)C=C(C)O.CC(=O)C=C(C)O.Oc1ccccc1-c1cccc(C(O)(c2ccccc2)c2ccccc2)n1.Oc1ccccc1-c1cccc(C(O)(c2ccccc2)c2ccccc2)n1.[Mn].[Mn]. The Morgan fingerprint density at radius 1 is 0.386 bits per heavy atom. The quantitative estimate of drug-likeness (QED) is 0.0438. The van der Waals surface area contributed by atoms with Gasteiger partial charge in [-0.1, -0.05) is 158 Å². The first kappa shape index (κ1) is 56.9. The van der Waals surface area contributed by atoms with Crippen molar-refractivity contribution < 1.29 is 74.4 Å². The molecule has 8 aromatic rings. The van der Waals surface area contributed by atoms with Gasteiger partial charge >= 0.3 is 0 Å². The molecule has 10 nitrogen and oxygen atoms in total. The smallest absolute Gasteiger partial charge is 0.157 e. The van der Waals surface area contributed by atoms with E-state index >= 15 is 0 Å². The summed E-state index contributed by atoms with van der Waals surface area (Å²) in [6.45, 7) is 5.70. The van der Waals surface area contributed by atoms with Gasteiger partial charge in [-0.25, -0.2) is 9.97 Å². The molecule has 0 spiro atoms. The van der Waals surface area contributed by atoms with Crippen molar-refractivity contribution in [3.8, 4) is 34.0 Å². The van der Waals surface area contributed by atoms with E-state index in [2.05, 4.69) is 0 Å². The summed E-state index contributed by atoms with van der Waals surface area (Å²) < 4.78 is 0. The number of benzene rings is 6. The molecule has 0 saturated carbocycles. The Labute approximate surface area is 430 Å². The van der Waals surface area contributed by atoms with Gasteiger partial charge in [0.15, 0.2) is 22.8 Å². The summed E-state index contributed by atoms with van der Waals surface area (Å²) in [6, 6.07) is 63.1. The number of carbonyl (C=O) groups excluding carboxylic acids is 2. The number of aromatic nitrogens is 2. The van der Waals surface area contributed by atoms with E-state index in [0.717, 1.165) is 22.3 Å². The number of carbonyl (C=O) groups is 2. The average Bonchev–Trinajstić information content (AvgIpc) is 3.35. The van der Waals surface area contributed by atoms with Crippen molar-refractivity contribution in [3.63, 3.8) is 0 Å². The fourth-order valence-electron chi connectivity index (χ4n) is 7.18. The van der Waals surface area contributed by atoms with E-state index in [0.29, 0.717) is 33.9 Å². The molecule has 2 heterocycles. The van der Waals surface area contributed by atoms with Crippen molar-refractivity contribution in [1.82, 2.24) is 9.97 Å². The van der Waals surface area contributed by atoms with Gasteiger partial charge in [0.2, 0.25) is 0 Å². The molecule has 0 aliphatic rings. The van der Waals surface area contributed by atoms with Gasteiger partial charge in [0, 0.05) is 57.4 Å². The van der Waals surface area contributed by atoms with Gasteiger partial charge in [0.1, 0.15) is 11.5 Å². The molecule has 2 radical (unpaired) electrons. The molecule has 6 N–H and O–H groups in total. The number of aliphatic hydroxyl groups excluding tert-OH is 2. The van der Waals surface area contributed by atoms with Crippen LogP contribution in [0.2, 0.25) is 0 Å². The Morgan fingerprint density at radius 2 is 0.643 bits per heavy atom. The maximum atomic E-state index is 11.8. The maximum absolute atomic E-state index is 11.8. The first-order valence-corrected chi connectivity index (χ1v) is 21.6. The molecule has 2 aromatic heterocycles. The zero-order chi connectivity index (χ0) is 49.1. The van der Waals surface area contributed by atoms with Crippen LogP contribution in [0.3, 0.4) is 0 Å². The summed E-state index contributed by atoms with van der Waals surface area (Å²) in [5.41, 5.74) is 3.61. The van der Waals surface area contributed by atoms with E-state index in [9.17, 15) is 30.0 Å². The summed E-state index contributed by atoms with van der Waals surface area (Å²) in [7, 11) is 0. The van der Waals surface area contributed by atoms with Crippen LogP contribution < -0.4 is 0 Å². The third-order valence-corrected chi connectivity index (χ3v) is 10.2. The monoisotopic (exact) mass is 1020 g/mol. The van der Waals surface area contributed by atoms with Crippen molar-refractivity contribution in [2.24, 2.45) is 0 Å². The Balaban J connectivity index is 0.000000285. The Kier molecular flexibility index (Phi) is 22.4. The number of ketones is 2. The number of aliphatic hydroxyl groups is 4. The molecule has 0 saturated heterocycles. The number of phenols is 2. The van der Waals surface area contributed by atoms with Crippen molar-refractivity contribution in [1.29, 1.82) is 0 Å². The van der Waals surface area contributed by atoms with Crippen molar-refractivity contribution in [2.45, 2.75) is 38.9 Å². The number of hydrogen-bond acceptors (Lipinski definition) is 10. The third-order valence-electron chi connectivity index (χ3n) is 10.2. The molecule has 0 bridgehead atoms. The number of allylic oxidation sites excluding steroid dienone is 4. The number of rotatable bonds is 10. The average molecular weight is 1020 g/mol. The van der Waals surface area contributed by atoms with E-state index in [1.54, 1.807) is 24.3 Å². The minimum absolute atomic E-state index is 0. The van der Waals surface area contributed by atoms with Crippen LogP contribution in [-0.2, 0) is 54.9 Å². The van der Waals surface area contributed by atoms with Crippen LogP contribution in [0.25, 0.3) is 22.5 Å². The Morgan fingerprint density at radius 3 is 0.871 bits per heavy atom. The molecule has 8 rings (SSSR count). The van der Waals surface area contributed by atoms with Crippen LogP contribution in [-0.4, -0.2) is 52.2 Å². The second kappa shape index (κ2) is 27.6. The topological polar surface area (TPSA) is 181 Å². The molecule has 6 aromatic carbocycles. The zero-order valence-electron chi connectivity index (χ0n) is 38.9. The molecule has 12 heteroatoms. The molecule has 0 aliphatic heterocycles. The van der Waals surface area contributed by atoms with Gasteiger partial charge in [-0.05, 0) is 98.5 Å². The molecular weight excluding hydrogens is 963 g/mol. The minimum Gasteiger partial charge on any atom is -0.512 e. The largest absolute Gasteiger partial charge is 0.512 e. The number of phenolic OH excluding ortho intramolecular Hbond substituents is 2.